The zero-order valence-corrected chi connectivity index (χ0v) is 5.10. The van der Waals surface area contributed by atoms with Gasteiger partial charge in [-0.3, -0.25) is 0 Å². The molecule has 0 fully saturated rings. The van der Waals surface area contributed by atoms with Gasteiger partial charge in [-0.05, 0) is 0 Å². The third kappa shape index (κ3) is 796. The van der Waals surface area contributed by atoms with Gasteiger partial charge in [0, 0.05) is 0 Å². The molecule has 0 aliphatic heterocycles. The topological polar surface area (TPSA) is 162 Å². The second kappa shape index (κ2) is 7.47. The molecule has 0 aliphatic rings. The number of hydrogen-bond donors (Lipinski definition) is 5. The van der Waals surface area contributed by atoms with Crippen LogP contribution in [-0.4, -0.2) is 19.9 Å². The van der Waals surface area contributed by atoms with Crippen LogP contribution in [0.5, 0.6) is 0 Å². The van der Waals surface area contributed by atoms with Crippen molar-refractivity contribution in [2.75, 3.05) is 0 Å². The highest BCUT2D eigenvalue weighted by atomic mass is 31.2. The van der Waals surface area contributed by atoms with E-state index in [-0.39, 0.29) is 6.15 Å². The molecule has 0 aromatic heterocycles. The van der Waals surface area contributed by atoms with E-state index in [1.54, 1.807) is 0 Å². The number of nitrogens with zero attached hydrogens (tertiary/aromatic N) is 1. The standard InChI is InChI=1S/HNO2.H3N.H3O4P/c2-1-3;;1-5(2,3)4/h(H,2,3);1H3;(H3,1,2,3,4). The van der Waals surface area contributed by atoms with Crippen LogP contribution in [0.25, 0.3) is 0 Å². The molecule has 0 saturated heterocycles. The Kier molecular flexibility index (Phi) is 13.1. The molecule has 58 valence electrons. The van der Waals surface area contributed by atoms with Gasteiger partial charge in [0.1, 0.15) is 0 Å². The Morgan fingerprint density at radius 1 is 1.22 bits per heavy atom. The Labute approximate surface area is 49.9 Å². The van der Waals surface area contributed by atoms with Crippen LogP contribution in [0, 0.1) is 4.91 Å². The molecule has 0 aliphatic carbocycles. The minimum atomic E-state index is -4.64. The Morgan fingerprint density at radius 2 is 1.22 bits per heavy atom. The van der Waals surface area contributed by atoms with Crippen LogP contribution in [-0.2, 0) is 4.57 Å². The zero-order valence-electron chi connectivity index (χ0n) is 4.21. The summed E-state index contributed by atoms with van der Waals surface area (Å²) in [5.41, 5.74) is 0. The quantitative estimate of drug-likeness (QED) is 0.180. The zero-order chi connectivity index (χ0) is 7.21. The molecule has 0 atom stereocenters. The summed E-state index contributed by atoms with van der Waals surface area (Å²) < 4.78 is 8.88. The molecule has 0 rings (SSSR count). The van der Waals surface area contributed by atoms with Gasteiger partial charge in [0.25, 0.3) is 0 Å². The molecule has 8 nitrogen and oxygen atoms in total. The maximum absolute atomic E-state index is 8.88. The summed E-state index contributed by atoms with van der Waals surface area (Å²) in [5, 5.41) is 7.89. The number of hydrogen-bond acceptors (Lipinski definition) is 4. The van der Waals surface area contributed by atoms with Gasteiger partial charge in [-0.2, -0.15) is 0 Å². The maximum atomic E-state index is 8.88. The summed E-state index contributed by atoms with van der Waals surface area (Å²) >= 11 is 0. The normalized spacial score (nSPS) is 7.89. The molecule has 0 bridgehead atoms. The van der Waals surface area contributed by atoms with Gasteiger partial charge in [0.15, 0.2) is 5.34 Å². The van der Waals surface area contributed by atoms with Gasteiger partial charge in [-0.1, -0.05) is 0 Å². The molecule has 9 heteroatoms. The molecule has 0 unspecified atom stereocenters. The van der Waals surface area contributed by atoms with Crippen molar-refractivity contribution in [3.05, 3.63) is 4.91 Å². The third-order valence-corrected chi connectivity index (χ3v) is 0. The third-order valence-electron chi connectivity index (χ3n) is 0. The highest BCUT2D eigenvalue weighted by Gasteiger charge is 2.00. The molecule has 0 aromatic rings. The first-order valence-electron chi connectivity index (χ1n) is 1.17. The van der Waals surface area contributed by atoms with Gasteiger partial charge in [0.05, 0.1) is 0 Å². The van der Waals surface area contributed by atoms with E-state index < -0.39 is 7.82 Å². The summed E-state index contributed by atoms with van der Waals surface area (Å²) in [4.78, 5) is 29.7. The Morgan fingerprint density at radius 3 is 1.22 bits per heavy atom. The lowest BCUT2D eigenvalue weighted by Crippen LogP contribution is -1.66. The fourth-order valence-electron chi connectivity index (χ4n) is 0. The molecule has 0 heterocycles. The van der Waals surface area contributed by atoms with Crippen molar-refractivity contribution in [3.8, 4) is 0 Å². The van der Waals surface area contributed by atoms with Crippen molar-refractivity contribution in [1.29, 1.82) is 0 Å². The van der Waals surface area contributed by atoms with Crippen LogP contribution in [0.4, 0.5) is 0 Å². The van der Waals surface area contributed by atoms with E-state index in [4.69, 9.17) is 29.4 Å². The lowest BCUT2D eigenvalue weighted by molar-refractivity contribution is 0.275. The van der Waals surface area contributed by atoms with Crippen molar-refractivity contribution in [2.24, 2.45) is 5.34 Å². The SMILES string of the molecule is N.O=NO.O=P(O)(O)O. The Balaban J connectivity index is -0.0000000800. The van der Waals surface area contributed by atoms with E-state index in [0.29, 0.717) is 0 Å². The van der Waals surface area contributed by atoms with Crippen molar-refractivity contribution < 1.29 is 24.5 Å². The van der Waals surface area contributed by atoms with Gasteiger partial charge in [-0.25, -0.2) is 4.57 Å². The summed E-state index contributed by atoms with van der Waals surface area (Å²) in [7, 11) is -4.64. The van der Waals surface area contributed by atoms with E-state index in [0.717, 1.165) is 0 Å². The lowest BCUT2D eigenvalue weighted by atomic mass is 13.4. The summed E-state index contributed by atoms with van der Waals surface area (Å²) in [6, 6.07) is 0. The average Bonchev–Trinajstić information content (AvgIpc) is 1.27. The minimum Gasteiger partial charge on any atom is -0.379 e. The fraction of sp³-hybridized carbons (Fsp3) is 0. The number of phosphoric acid groups is 1. The minimum absolute atomic E-state index is 0. The van der Waals surface area contributed by atoms with E-state index in [2.05, 4.69) is 0 Å². The van der Waals surface area contributed by atoms with Crippen molar-refractivity contribution in [3.63, 3.8) is 0 Å². The molecule has 0 saturated carbocycles. The van der Waals surface area contributed by atoms with Crippen molar-refractivity contribution in [1.82, 2.24) is 6.15 Å². The van der Waals surface area contributed by atoms with Crippen LogP contribution < -0.4 is 6.15 Å². The smallest absolute Gasteiger partial charge is 0.379 e. The van der Waals surface area contributed by atoms with Crippen molar-refractivity contribution in [2.45, 2.75) is 0 Å². The van der Waals surface area contributed by atoms with Crippen LogP contribution in [0.15, 0.2) is 5.34 Å². The Hall–Kier alpha value is -0.530. The predicted molar refractivity (Wildman–Crippen MR) is 26.9 cm³/mol. The molecule has 0 radical (unpaired) electrons. The van der Waals surface area contributed by atoms with Gasteiger partial charge in [0.2, 0.25) is 0 Å². The monoisotopic (exact) mass is 162 g/mol. The van der Waals surface area contributed by atoms with E-state index in [9.17, 15) is 0 Å². The molecular weight excluding hydrogens is 155 g/mol. The molecule has 0 amide bonds. The highest BCUT2D eigenvalue weighted by Crippen LogP contribution is 2.25. The first-order chi connectivity index (χ1) is 3.41. The fourth-order valence-corrected chi connectivity index (χ4v) is 0. The van der Waals surface area contributed by atoms with Gasteiger partial charge >= 0.3 is 7.82 Å². The van der Waals surface area contributed by atoms with E-state index in [1.165, 1.54) is 5.34 Å². The van der Waals surface area contributed by atoms with Crippen LogP contribution in [0.1, 0.15) is 0 Å². The average molecular weight is 162 g/mol. The van der Waals surface area contributed by atoms with Gasteiger partial charge in [-0.15, -0.1) is 4.91 Å². The molecular formula is H7N2O6P. The molecule has 9 heavy (non-hydrogen) atoms. The molecule has 0 spiro atoms. The predicted octanol–water partition coefficient (Wildman–Crippen LogP) is -0.625. The maximum Gasteiger partial charge on any atom is 0.466 e. The second-order valence-corrected chi connectivity index (χ2v) is 1.62. The van der Waals surface area contributed by atoms with Crippen LogP contribution >= 0.6 is 7.82 Å². The summed E-state index contributed by atoms with van der Waals surface area (Å²) in [6.07, 6.45) is 0. The first kappa shape index (κ1) is 15.8. The van der Waals surface area contributed by atoms with Crippen molar-refractivity contribution >= 4 is 7.82 Å². The number of rotatable bonds is 0. The first-order valence-corrected chi connectivity index (χ1v) is 2.73. The second-order valence-electron chi connectivity index (χ2n) is 0.595. The summed E-state index contributed by atoms with van der Waals surface area (Å²) in [5.74, 6) is 0. The van der Waals surface area contributed by atoms with E-state index in [1.807, 2.05) is 0 Å². The molecule has 0 aromatic carbocycles. The highest BCUT2D eigenvalue weighted by molar-refractivity contribution is 7.45. The Bertz CT molecular complexity index is 85.0. The van der Waals surface area contributed by atoms with Crippen LogP contribution in [0.3, 0.4) is 0 Å². The van der Waals surface area contributed by atoms with Gasteiger partial charge < -0.3 is 26.0 Å². The largest absolute Gasteiger partial charge is 0.466 e. The van der Waals surface area contributed by atoms with E-state index >= 15 is 0 Å². The van der Waals surface area contributed by atoms with Crippen LogP contribution in [0.2, 0.25) is 0 Å². The summed E-state index contributed by atoms with van der Waals surface area (Å²) in [6.45, 7) is 0. The lowest BCUT2D eigenvalue weighted by Gasteiger charge is -1.82. The molecule has 7 N–H and O–H groups in total.